The van der Waals surface area contributed by atoms with Gasteiger partial charge in [0.1, 0.15) is 0 Å². The second-order valence-electron chi connectivity index (χ2n) is 4.81. The lowest BCUT2D eigenvalue weighted by Crippen LogP contribution is -2.19. The zero-order valence-corrected chi connectivity index (χ0v) is 12.5. The maximum absolute atomic E-state index is 3.67. The highest BCUT2D eigenvalue weighted by Crippen LogP contribution is 2.22. The van der Waals surface area contributed by atoms with Gasteiger partial charge in [-0.1, -0.05) is 13.0 Å². The van der Waals surface area contributed by atoms with Crippen molar-refractivity contribution in [2.75, 3.05) is 0 Å². The van der Waals surface area contributed by atoms with Crippen molar-refractivity contribution in [2.45, 2.75) is 39.8 Å². The molecule has 0 saturated heterocycles. The van der Waals surface area contributed by atoms with E-state index in [-0.39, 0.29) is 0 Å². The van der Waals surface area contributed by atoms with Crippen molar-refractivity contribution < 1.29 is 0 Å². The van der Waals surface area contributed by atoms with Crippen LogP contribution >= 0.6 is 11.3 Å². The van der Waals surface area contributed by atoms with Crippen LogP contribution in [0.25, 0.3) is 0 Å². The van der Waals surface area contributed by atoms with Gasteiger partial charge in [0.25, 0.3) is 0 Å². The van der Waals surface area contributed by atoms with Gasteiger partial charge < -0.3 is 9.88 Å². The second-order valence-corrected chi connectivity index (χ2v) is 5.79. The average Bonchev–Trinajstić information content (AvgIpc) is 2.96. The lowest BCUT2D eigenvalue weighted by atomic mass is 10.1. The van der Waals surface area contributed by atoms with Crippen LogP contribution < -0.4 is 5.32 Å². The molecule has 1 atom stereocenters. The Morgan fingerprint density at radius 1 is 1.39 bits per heavy atom. The number of aromatic nitrogens is 1. The van der Waals surface area contributed by atoms with E-state index < -0.39 is 0 Å². The van der Waals surface area contributed by atoms with Gasteiger partial charge in [-0.3, -0.25) is 0 Å². The topological polar surface area (TPSA) is 17.0 Å². The summed E-state index contributed by atoms with van der Waals surface area (Å²) >= 11 is 1.84. The van der Waals surface area contributed by atoms with E-state index in [0.717, 1.165) is 13.0 Å². The van der Waals surface area contributed by atoms with Crippen molar-refractivity contribution in [3.63, 3.8) is 0 Å². The summed E-state index contributed by atoms with van der Waals surface area (Å²) in [5, 5.41) is 5.82. The molecule has 3 heteroatoms. The summed E-state index contributed by atoms with van der Waals surface area (Å²) < 4.78 is 2.25. The first kappa shape index (κ1) is 13.4. The minimum absolute atomic E-state index is 0.477. The maximum atomic E-state index is 3.67. The monoisotopic (exact) mass is 262 g/mol. The van der Waals surface area contributed by atoms with Crippen molar-refractivity contribution in [3.8, 4) is 0 Å². The molecule has 0 spiro atoms. The van der Waals surface area contributed by atoms with E-state index in [1.807, 2.05) is 11.3 Å². The molecule has 0 amide bonds. The second kappa shape index (κ2) is 5.72. The predicted molar refractivity (Wildman–Crippen MR) is 79.1 cm³/mol. The molecule has 0 aliphatic heterocycles. The zero-order valence-electron chi connectivity index (χ0n) is 11.7. The molecule has 0 aliphatic rings. The van der Waals surface area contributed by atoms with E-state index in [1.54, 1.807) is 0 Å². The molecule has 0 aliphatic carbocycles. The fourth-order valence-electron chi connectivity index (χ4n) is 2.28. The normalized spacial score (nSPS) is 12.9. The molecular formula is C15H22N2S. The number of nitrogens with zero attached hydrogens (tertiary/aromatic N) is 1. The molecule has 0 saturated carbocycles. The third-order valence-corrected chi connectivity index (χ3v) is 4.70. The molecule has 2 aromatic heterocycles. The SMILES string of the molecule is CCC(NCc1cc(C)n(C)c1C)c1cccs1. The summed E-state index contributed by atoms with van der Waals surface area (Å²) in [6.45, 7) is 7.54. The third kappa shape index (κ3) is 2.68. The molecule has 0 radical (unpaired) electrons. The summed E-state index contributed by atoms with van der Waals surface area (Å²) in [5.74, 6) is 0. The van der Waals surface area contributed by atoms with Crippen molar-refractivity contribution in [2.24, 2.45) is 7.05 Å². The zero-order chi connectivity index (χ0) is 13.1. The van der Waals surface area contributed by atoms with Gasteiger partial charge in [0.05, 0.1) is 0 Å². The van der Waals surface area contributed by atoms with Crippen LogP contribution in [0, 0.1) is 13.8 Å². The van der Waals surface area contributed by atoms with Crippen LogP contribution in [0.5, 0.6) is 0 Å². The van der Waals surface area contributed by atoms with E-state index in [9.17, 15) is 0 Å². The first-order valence-electron chi connectivity index (χ1n) is 6.52. The number of aryl methyl sites for hydroxylation is 1. The molecule has 98 valence electrons. The Balaban J connectivity index is 2.04. The Kier molecular flexibility index (Phi) is 4.25. The van der Waals surface area contributed by atoms with Crippen LogP contribution in [0.15, 0.2) is 23.6 Å². The lowest BCUT2D eigenvalue weighted by molar-refractivity contribution is 0.525. The lowest BCUT2D eigenvalue weighted by Gasteiger charge is -2.15. The van der Waals surface area contributed by atoms with Crippen molar-refractivity contribution >= 4 is 11.3 Å². The van der Waals surface area contributed by atoms with Gasteiger partial charge in [-0.2, -0.15) is 0 Å². The van der Waals surface area contributed by atoms with Gasteiger partial charge in [-0.15, -0.1) is 11.3 Å². The number of thiophene rings is 1. The van der Waals surface area contributed by atoms with Gasteiger partial charge in [-0.05, 0) is 43.3 Å². The largest absolute Gasteiger partial charge is 0.352 e. The highest BCUT2D eigenvalue weighted by Gasteiger charge is 2.11. The minimum atomic E-state index is 0.477. The minimum Gasteiger partial charge on any atom is -0.352 e. The Morgan fingerprint density at radius 3 is 2.67 bits per heavy atom. The van der Waals surface area contributed by atoms with Gasteiger partial charge in [0.2, 0.25) is 0 Å². The first-order chi connectivity index (χ1) is 8.63. The van der Waals surface area contributed by atoms with E-state index >= 15 is 0 Å². The van der Waals surface area contributed by atoms with Gasteiger partial charge in [-0.25, -0.2) is 0 Å². The molecule has 0 aromatic carbocycles. The number of hydrogen-bond donors (Lipinski definition) is 1. The van der Waals surface area contributed by atoms with Crippen LogP contribution in [0.3, 0.4) is 0 Å². The summed E-state index contributed by atoms with van der Waals surface area (Å²) in [4.78, 5) is 1.43. The smallest absolute Gasteiger partial charge is 0.0414 e. The van der Waals surface area contributed by atoms with Crippen molar-refractivity contribution in [1.82, 2.24) is 9.88 Å². The van der Waals surface area contributed by atoms with Crippen LogP contribution in [0.4, 0.5) is 0 Å². The highest BCUT2D eigenvalue weighted by molar-refractivity contribution is 7.10. The summed E-state index contributed by atoms with van der Waals surface area (Å²) in [5.41, 5.74) is 4.10. The quantitative estimate of drug-likeness (QED) is 0.863. The van der Waals surface area contributed by atoms with Gasteiger partial charge >= 0.3 is 0 Å². The maximum Gasteiger partial charge on any atom is 0.0414 e. The van der Waals surface area contributed by atoms with Gasteiger partial charge in [0, 0.05) is 35.9 Å². The fourth-order valence-corrected chi connectivity index (χ4v) is 3.17. The third-order valence-electron chi connectivity index (χ3n) is 3.71. The number of nitrogens with one attached hydrogen (secondary N) is 1. The van der Waals surface area contributed by atoms with E-state index in [1.165, 1.54) is 21.8 Å². The van der Waals surface area contributed by atoms with Crippen LogP contribution in [-0.2, 0) is 13.6 Å². The molecule has 1 N–H and O–H groups in total. The molecule has 0 bridgehead atoms. The van der Waals surface area contributed by atoms with Crippen LogP contribution in [0.2, 0.25) is 0 Å². The molecule has 2 rings (SSSR count). The standard InChI is InChI=1S/C15H22N2S/c1-5-14(15-7-6-8-18-15)16-10-13-9-11(2)17(4)12(13)3/h6-9,14,16H,5,10H2,1-4H3. The van der Waals surface area contributed by atoms with Gasteiger partial charge in [0.15, 0.2) is 0 Å². The Morgan fingerprint density at radius 2 is 2.17 bits per heavy atom. The molecule has 0 fully saturated rings. The van der Waals surface area contributed by atoms with Crippen LogP contribution in [-0.4, -0.2) is 4.57 Å². The molecule has 1 unspecified atom stereocenters. The summed E-state index contributed by atoms with van der Waals surface area (Å²) in [6.07, 6.45) is 1.13. The van der Waals surface area contributed by atoms with E-state index in [4.69, 9.17) is 0 Å². The Labute approximate surface area is 114 Å². The molecule has 2 nitrogen and oxygen atoms in total. The highest BCUT2D eigenvalue weighted by atomic mass is 32.1. The number of hydrogen-bond acceptors (Lipinski definition) is 2. The van der Waals surface area contributed by atoms with E-state index in [0.29, 0.717) is 6.04 Å². The molecule has 2 aromatic rings. The summed E-state index contributed by atoms with van der Waals surface area (Å²) in [6, 6.07) is 7.10. The number of rotatable bonds is 5. The van der Waals surface area contributed by atoms with Crippen molar-refractivity contribution in [1.29, 1.82) is 0 Å². The van der Waals surface area contributed by atoms with Crippen LogP contribution in [0.1, 0.15) is 41.2 Å². The molecule has 18 heavy (non-hydrogen) atoms. The Hall–Kier alpha value is -1.06. The fraction of sp³-hybridized carbons (Fsp3) is 0.467. The summed E-state index contributed by atoms with van der Waals surface area (Å²) in [7, 11) is 2.13. The van der Waals surface area contributed by atoms with E-state index in [2.05, 4.69) is 61.3 Å². The Bertz CT molecular complexity index is 497. The predicted octanol–water partition coefficient (Wildman–Crippen LogP) is 3.94. The first-order valence-corrected chi connectivity index (χ1v) is 7.40. The van der Waals surface area contributed by atoms with Crippen molar-refractivity contribution in [3.05, 3.63) is 45.4 Å². The molecule has 2 heterocycles. The molecular weight excluding hydrogens is 240 g/mol. The average molecular weight is 262 g/mol.